The molecule has 1 N–H and O–H groups in total. The SMILES string of the molecule is CC#CCNC(C)C1CCCCC1. The topological polar surface area (TPSA) is 12.0 Å². The molecule has 13 heavy (non-hydrogen) atoms. The molecule has 1 nitrogen and oxygen atoms in total. The number of hydrogen-bond donors (Lipinski definition) is 1. The summed E-state index contributed by atoms with van der Waals surface area (Å²) < 4.78 is 0. The highest BCUT2D eigenvalue weighted by Crippen LogP contribution is 2.25. The van der Waals surface area contributed by atoms with Gasteiger partial charge in [0.05, 0.1) is 6.54 Å². The van der Waals surface area contributed by atoms with Gasteiger partial charge in [-0.3, -0.25) is 0 Å². The van der Waals surface area contributed by atoms with Gasteiger partial charge in [0.25, 0.3) is 0 Å². The third-order valence-corrected chi connectivity index (χ3v) is 3.05. The Balaban J connectivity index is 2.19. The second kappa shape index (κ2) is 6.05. The molecular formula is C12H21N. The van der Waals surface area contributed by atoms with Gasteiger partial charge in [0, 0.05) is 6.04 Å². The van der Waals surface area contributed by atoms with Gasteiger partial charge >= 0.3 is 0 Å². The van der Waals surface area contributed by atoms with Crippen LogP contribution < -0.4 is 5.32 Å². The molecule has 0 aromatic rings. The minimum atomic E-state index is 0.654. The van der Waals surface area contributed by atoms with Crippen LogP contribution in [-0.2, 0) is 0 Å². The first-order valence-corrected chi connectivity index (χ1v) is 5.47. The molecule has 1 saturated carbocycles. The number of nitrogens with one attached hydrogen (secondary N) is 1. The number of hydrogen-bond acceptors (Lipinski definition) is 1. The fourth-order valence-electron chi connectivity index (χ4n) is 2.10. The quantitative estimate of drug-likeness (QED) is 0.657. The average Bonchev–Trinajstić information content (AvgIpc) is 2.19. The summed E-state index contributed by atoms with van der Waals surface area (Å²) in [6.45, 7) is 5.05. The molecular weight excluding hydrogens is 158 g/mol. The van der Waals surface area contributed by atoms with Crippen LogP contribution in [0.2, 0.25) is 0 Å². The van der Waals surface area contributed by atoms with E-state index in [1.54, 1.807) is 0 Å². The van der Waals surface area contributed by atoms with Crippen molar-refractivity contribution in [2.24, 2.45) is 5.92 Å². The Kier molecular flexibility index (Phi) is 4.93. The molecule has 1 fully saturated rings. The molecule has 0 spiro atoms. The summed E-state index contributed by atoms with van der Waals surface area (Å²) in [6, 6.07) is 0.654. The fourth-order valence-corrected chi connectivity index (χ4v) is 2.10. The van der Waals surface area contributed by atoms with Gasteiger partial charge in [-0.2, -0.15) is 0 Å². The summed E-state index contributed by atoms with van der Waals surface area (Å²) >= 11 is 0. The molecule has 0 radical (unpaired) electrons. The Morgan fingerprint density at radius 1 is 1.31 bits per heavy atom. The van der Waals surface area contributed by atoms with Crippen molar-refractivity contribution in [2.45, 2.75) is 52.0 Å². The molecule has 0 aromatic carbocycles. The van der Waals surface area contributed by atoms with E-state index in [1.807, 2.05) is 6.92 Å². The maximum Gasteiger partial charge on any atom is 0.0578 e. The minimum absolute atomic E-state index is 0.654. The molecule has 1 unspecified atom stereocenters. The third kappa shape index (κ3) is 3.83. The maximum atomic E-state index is 3.48. The van der Waals surface area contributed by atoms with Crippen LogP contribution in [0.3, 0.4) is 0 Å². The maximum absolute atomic E-state index is 3.48. The second-order valence-electron chi connectivity index (χ2n) is 3.99. The Bertz CT molecular complexity index is 181. The number of rotatable bonds is 3. The lowest BCUT2D eigenvalue weighted by Crippen LogP contribution is -2.34. The van der Waals surface area contributed by atoms with Gasteiger partial charge in [-0.05, 0) is 32.6 Å². The molecule has 74 valence electrons. The van der Waals surface area contributed by atoms with Crippen molar-refractivity contribution in [2.75, 3.05) is 6.54 Å². The van der Waals surface area contributed by atoms with Crippen LogP contribution in [0.25, 0.3) is 0 Å². The van der Waals surface area contributed by atoms with E-state index in [1.165, 1.54) is 32.1 Å². The smallest absolute Gasteiger partial charge is 0.0578 e. The van der Waals surface area contributed by atoms with Crippen molar-refractivity contribution in [3.05, 3.63) is 0 Å². The average molecular weight is 179 g/mol. The molecule has 1 heteroatoms. The standard InChI is InChI=1S/C12H21N/c1-3-4-10-13-11(2)12-8-6-5-7-9-12/h11-13H,5-10H2,1-2H3. The lowest BCUT2D eigenvalue weighted by atomic mass is 9.84. The van der Waals surface area contributed by atoms with Gasteiger partial charge in [-0.1, -0.05) is 25.2 Å². The first kappa shape index (κ1) is 10.6. The summed E-state index contributed by atoms with van der Waals surface area (Å²) in [5, 5.41) is 3.48. The van der Waals surface area contributed by atoms with E-state index in [-0.39, 0.29) is 0 Å². The molecule has 0 aliphatic heterocycles. The van der Waals surface area contributed by atoms with Crippen LogP contribution in [0.15, 0.2) is 0 Å². The molecule has 0 heterocycles. The summed E-state index contributed by atoms with van der Waals surface area (Å²) in [5.74, 6) is 6.87. The highest BCUT2D eigenvalue weighted by atomic mass is 14.9. The minimum Gasteiger partial charge on any atom is -0.303 e. The monoisotopic (exact) mass is 179 g/mol. The van der Waals surface area contributed by atoms with E-state index in [9.17, 15) is 0 Å². The Morgan fingerprint density at radius 3 is 2.62 bits per heavy atom. The van der Waals surface area contributed by atoms with Crippen LogP contribution in [0, 0.1) is 17.8 Å². The molecule has 0 bridgehead atoms. The largest absolute Gasteiger partial charge is 0.303 e. The summed E-state index contributed by atoms with van der Waals surface area (Å²) in [5.41, 5.74) is 0. The Hall–Kier alpha value is -0.480. The van der Waals surface area contributed by atoms with E-state index in [4.69, 9.17) is 0 Å². The summed E-state index contributed by atoms with van der Waals surface area (Å²) in [6.07, 6.45) is 7.12. The predicted octanol–water partition coefficient (Wildman–Crippen LogP) is 2.57. The molecule has 0 amide bonds. The third-order valence-electron chi connectivity index (χ3n) is 3.05. The van der Waals surface area contributed by atoms with Crippen LogP contribution in [0.4, 0.5) is 0 Å². The van der Waals surface area contributed by atoms with Gasteiger partial charge in [0.1, 0.15) is 0 Å². The molecule has 1 atom stereocenters. The highest BCUT2D eigenvalue weighted by molar-refractivity contribution is 4.97. The van der Waals surface area contributed by atoms with Crippen LogP contribution >= 0.6 is 0 Å². The van der Waals surface area contributed by atoms with E-state index < -0.39 is 0 Å². The molecule has 0 aromatic heterocycles. The normalized spacial score (nSPS) is 20.5. The second-order valence-corrected chi connectivity index (χ2v) is 3.99. The van der Waals surface area contributed by atoms with Gasteiger partial charge in [0.15, 0.2) is 0 Å². The predicted molar refractivity (Wildman–Crippen MR) is 57.5 cm³/mol. The van der Waals surface area contributed by atoms with Crippen LogP contribution in [-0.4, -0.2) is 12.6 Å². The van der Waals surface area contributed by atoms with Crippen LogP contribution in [0.5, 0.6) is 0 Å². The van der Waals surface area contributed by atoms with Gasteiger partial charge in [-0.15, -0.1) is 5.92 Å². The molecule has 0 saturated heterocycles. The zero-order valence-electron chi connectivity index (χ0n) is 8.90. The van der Waals surface area contributed by atoms with Crippen molar-refractivity contribution in [3.63, 3.8) is 0 Å². The first-order valence-electron chi connectivity index (χ1n) is 5.47. The lowest BCUT2D eigenvalue weighted by molar-refractivity contribution is 0.287. The first-order chi connectivity index (χ1) is 6.34. The highest BCUT2D eigenvalue weighted by Gasteiger charge is 2.18. The Morgan fingerprint density at radius 2 is 2.00 bits per heavy atom. The van der Waals surface area contributed by atoms with Crippen molar-refractivity contribution in [3.8, 4) is 11.8 Å². The van der Waals surface area contributed by atoms with Gasteiger partial charge < -0.3 is 5.32 Å². The van der Waals surface area contributed by atoms with Crippen molar-refractivity contribution in [1.82, 2.24) is 5.32 Å². The zero-order chi connectivity index (χ0) is 9.52. The lowest BCUT2D eigenvalue weighted by Gasteiger charge is -2.27. The van der Waals surface area contributed by atoms with Crippen molar-refractivity contribution in [1.29, 1.82) is 0 Å². The summed E-state index contributed by atoms with van der Waals surface area (Å²) in [7, 11) is 0. The molecule has 1 aliphatic carbocycles. The van der Waals surface area contributed by atoms with E-state index >= 15 is 0 Å². The van der Waals surface area contributed by atoms with E-state index in [2.05, 4.69) is 24.1 Å². The van der Waals surface area contributed by atoms with Crippen molar-refractivity contribution >= 4 is 0 Å². The van der Waals surface area contributed by atoms with Crippen LogP contribution in [0.1, 0.15) is 46.0 Å². The van der Waals surface area contributed by atoms with Gasteiger partial charge in [-0.25, -0.2) is 0 Å². The van der Waals surface area contributed by atoms with Crippen molar-refractivity contribution < 1.29 is 0 Å². The molecule has 1 rings (SSSR count). The Labute approximate surface area is 82.3 Å². The summed E-state index contributed by atoms with van der Waals surface area (Å²) in [4.78, 5) is 0. The molecule has 1 aliphatic rings. The van der Waals surface area contributed by atoms with E-state index in [0.29, 0.717) is 6.04 Å². The zero-order valence-corrected chi connectivity index (χ0v) is 8.90. The van der Waals surface area contributed by atoms with E-state index in [0.717, 1.165) is 12.5 Å². The fraction of sp³-hybridized carbons (Fsp3) is 0.833. The van der Waals surface area contributed by atoms with Gasteiger partial charge in [0.2, 0.25) is 0 Å².